The van der Waals surface area contributed by atoms with Gasteiger partial charge in [0.15, 0.2) is 0 Å². The van der Waals surface area contributed by atoms with Gasteiger partial charge in [-0.15, -0.1) is 0 Å². The molecule has 0 aliphatic carbocycles. The van der Waals surface area contributed by atoms with Gasteiger partial charge >= 0.3 is 10.2 Å². The Labute approximate surface area is 118 Å². The van der Waals surface area contributed by atoms with Crippen molar-refractivity contribution in [1.82, 2.24) is 9.62 Å². The number of piperazine rings is 1. The number of benzene rings is 1. The minimum absolute atomic E-state index is 0.167. The molecule has 0 radical (unpaired) electrons. The predicted octanol–water partition coefficient (Wildman–Crippen LogP) is 0.207. The molecule has 0 aromatic heterocycles. The fourth-order valence-electron chi connectivity index (χ4n) is 1.92. The summed E-state index contributed by atoms with van der Waals surface area (Å²) >= 11 is 0. The van der Waals surface area contributed by atoms with E-state index in [1.54, 1.807) is 24.3 Å². The smallest absolute Gasteiger partial charge is 0.301 e. The number of carbonyl (C=O) groups is 1. The van der Waals surface area contributed by atoms with Gasteiger partial charge in [0.2, 0.25) is 5.91 Å². The van der Waals surface area contributed by atoms with Crippen LogP contribution in [0.5, 0.6) is 0 Å². The van der Waals surface area contributed by atoms with Gasteiger partial charge in [-0.3, -0.25) is 9.52 Å². The predicted molar refractivity (Wildman–Crippen MR) is 77.7 cm³/mol. The zero-order valence-electron chi connectivity index (χ0n) is 11.2. The zero-order valence-corrected chi connectivity index (χ0v) is 12.0. The third-order valence-electron chi connectivity index (χ3n) is 2.87. The van der Waals surface area contributed by atoms with Gasteiger partial charge in [0, 0.05) is 44.5 Å². The van der Waals surface area contributed by atoms with Crippen LogP contribution >= 0.6 is 0 Å². The Morgan fingerprint density at radius 3 is 2.25 bits per heavy atom. The van der Waals surface area contributed by atoms with Gasteiger partial charge < -0.3 is 10.6 Å². The molecule has 1 aliphatic heterocycles. The summed E-state index contributed by atoms with van der Waals surface area (Å²) in [7, 11) is -3.52. The first-order valence-electron chi connectivity index (χ1n) is 6.34. The Bertz CT molecular complexity index is 565. The minimum Gasteiger partial charge on any atom is -0.326 e. The van der Waals surface area contributed by atoms with Gasteiger partial charge in [-0.25, -0.2) is 0 Å². The highest BCUT2D eigenvalue weighted by Gasteiger charge is 2.23. The Balaban J connectivity index is 2.03. The summed E-state index contributed by atoms with van der Waals surface area (Å²) in [5, 5.41) is 5.73. The number of anilines is 2. The van der Waals surface area contributed by atoms with Gasteiger partial charge in [0.05, 0.1) is 0 Å². The lowest BCUT2D eigenvalue weighted by atomic mass is 10.3. The molecule has 1 aromatic carbocycles. The molecule has 1 aliphatic rings. The minimum atomic E-state index is -3.52. The van der Waals surface area contributed by atoms with E-state index >= 15 is 0 Å². The van der Waals surface area contributed by atoms with E-state index in [0.717, 1.165) is 0 Å². The Morgan fingerprint density at radius 1 is 1.15 bits per heavy atom. The fraction of sp³-hybridized carbons (Fsp3) is 0.417. The summed E-state index contributed by atoms with van der Waals surface area (Å²) in [5.41, 5.74) is 1.10. The Kier molecular flexibility index (Phi) is 4.58. The van der Waals surface area contributed by atoms with Crippen LogP contribution in [-0.2, 0) is 15.0 Å². The van der Waals surface area contributed by atoms with Crippen molar-refractivity contribution in [3.8, 4) is 0 Å². The first-order valence-corrected chi connectivity index (χ1v) is 7.78. The lowest BCUT2D eigenvalue weighted by molar-refractivity contribution is -0.114. The number of nitrogens with one attached hydrogen (secondary N) is 3. The maximum Gasteiger partial charge on any atom is 0.301 e. The molecular weight excluding hydrogens is 280 g/mol. The van der Waals surface area contributed by atoms with Crippen molar-refractivity contribution in [3.63, 3.8) is 0 Å². The highest BCUT2D eigenvalue weighted by molar-refractivity contribution is 7.90. The second-order valence-corrected chi connectivity index (χ2v) is 6.19. The van der Waals surface area contributed by atoms with Crippen LogP contribution in [0.3, 0.4) is 0 Å². The molecule has 8 heteroatoms. The SMILES string of the molecule is CC(=O)Nc1ccc(NS(=O)(=O)N2CCNCC2)cc1. The highest BCUT2D eigenvalue weighted by atomic mass is 32.2. The van der Waals surface area contributed by atoms with Crippen LogP contribution < -0.4 is 15.4 Å². The molecule has 0 unspecified atom stereocenters. The average Bonchev–Trinajstić information content (AvgIpc) is 2.41. The van der Waals surface area contributed by atoms with Gasteiger partial charge in [0.25, 0.3) is 0 Å². The maximum atomic E-state index is 12.1. The van der Waals surface area contributed by atoms with E-state index in [-0.39, 0.29) is 5.91 Å². The molecule has 0 bridgehead atoms. The van der Waals surface area contributed by atoms with Crippen LogP contribution in [0.1, 0.15) is 6.92 Å². The molecular formula is C12H18N4O3S. The molecule has 1 heterocycles. The van der Waals surface area contributed by atoms with Crippen LogP contribution in [0, 0.1) is 0 Å². The first-order chi connectivity index (χ1) is 9.47. The largest absolute Gasteiger partial charge is 0.326 e. The van der Waals surface area contributed by atoms with Crippen molar-refractivity contribution >= 4 is 27.5 Å². The fourth-order valence-corrected chi connectivity index (χ4v) is 3.15. The van der Waals surface area contributed by atoms with E-state index in [1.807, 2.05) is 0 Å². The van der Waals surface area contributed by atoms with E-state index in [0.29, 0.717) is 37.6 Å². The van der Waals surface area contributed by atoms with Gasteiger partial charge in [-0.05, 0) is 24.3 Å². The number of rotatable bonds is 4. The molecule has 0 spiro atoms. The van der Waals surface area contributed by atoms with Crippen molar-refractivity contribution in [2.24, 2.45) is 0 Å². The van der Waals surface area contributed by atoms with Crippen molar-refractivity contribution < 1.29 is 13.2 Å². The topological polar surface area (TPSA) is 90.5 Å². The maximum absolute atomic E-state index is 12.1. The van der Waals surface area contributed by atoms with E-state index in [2.05, 4.69) is 15.4 Å². The number of carbonyl (C=O) groups excluding carboxylic acids is 1. The van der Waals surface area contributed by atoms with E-state index in [1.165, 1.54) is 11.2 Å². The summed E-state index contributed by atoms with van der Waals surface area (Å²) in [6.45, 7) is 3.64. The Morgan fingerprint density at radius 2 is 1.70 bits per heavy atom. The first kappa shape index (κ1) is 14.8. The molecule has 1 saturated heterocycles. The average molecular weight is 298 g/mol. The molecule has 0 saturated carbocycles. The molecule has 1 amide bonds. The normalized spacial score (nSPS) is 16.6. The molecule has 0 atom stereocenters. The quantitative estimate of drug-likeness (QED) is 0.741. The van der Waals surface area contributed by atoms with Crippen molar-refractivity contribution in [2.45, 2.75) is 6.92 Å². The lowest BCUT2D eigenvalue weighted by Gasteiger charge is -2.26. The molecule has 2 rings (SSSR count). The summed E-state index contributed by atoms with van der Waals surface area (Å²) in [4.78, 5) is 10.9. The van der Waals surface area contributed by atoms with Crippen LogP contribution in [-0.4, -0.2) is 44.8 Å². The molecule has 1 aromatic rings. The zero-order chi connectivity index (χ0) is 14.6. The monoisotopic (exact) mass is 298 g/mol. The second kappa shape index (κ2) is 6.21. The van der Waals surface area contributed by atoms with Gasteiger partial charge in [-0.2, -0.15) is 12.7 Å². The summed E-state index contributed by atoms with van der Waals surface area (Å²) < 4.78 is 28.2. The summed E-state index contributed by atoms with van der Waals surface area (Å²) in [6.07, 6.45) is 0. The Hall–Kier alpha value is -1.64. The van der Waals surface area contributed by atoms with Crippen LogP contribution in [0.25, 0.3) is 0 Å². The second-order valence-electron chi connectivity index (χ2n) is 4.51. The molecule has 20 heavy (non-hydrogen) atoms. The standard InChI is InChI=1S/C12H18N4O3S/c1-10(17)14-11-2-4-12(5-3-11)15-20(18,19)16-8-6-13-7-9-16/h2-5,13,15H,6-9H2,1H3,(H,14,17). The van der Waals surface area contributed by atoms with Crippen molar-refractivity contribution in [3.05, 3.63) is 24.3 Å². The van der Waals surface area contributed by atoms with Crippen LogP contribution in [0.4, 0.5) is 11.4 Å². The third-order valence-corrected chi connectivity index (χ3v) is 4.41. The molecule has 110 valence electrons. The number of nitrogens with zero attached hydrogens (tertiary/aromatic N) is 1. The third kappa shape index (κ3) is 3.92. The summed E-state index contributed by atoms with van der Waals surface area (Å²) in [5.74, 6) is -0.167. The number of hydrogen-bond acceptors (Lipinski definition) is 4. The number of hydrogen-bond donors (Lipinski definition) is 3. The molecule has 1 fully saturated rings. The number of amides is 1. The molecule has 7 nitrogen and oxygen atoms in total. The highest BCUT2D eigenvalue weighted by Crippen LogP contribution is 2.16. The lowest BCUT2D eigenvalue weighted by Crippen LogP contribution is -2.48. The van der Waals surface area contributed by atoms with E-state index in [9.17, 15) is 13.2 Å². The van der Waals surface area contributed by atoms with E-state index < -0.39 is 10.2 Å². The van der Waals surface area contributed by atoms with Gasteiger partial charge in [0.1, 0.15) is 0 Å². The van der Waals surface area contributed by atoms with Crippen LogP contribution in [0.15, 0.2) is 24.3 Å². The summed E-state index contributed by atoms with van der Waals surface area (Å²) in [6, 6.07) is 6.53. The van der Waals surface area contributed by atoms with Crippen molar-refractivity contribution in [2.75, 3.05) is 36.2 Å². The van der Waals surface area contributed by atoms with E-state index in [4.69, 9.17) is 0 Å². The van der Waals surface area contributed by atoms with Crippen molar-refractivity contribution in [1.29, 1.82) is 0 Å². The van der Waals surface area contributed by atoms with Crippen LogP contribution in [0.2, 0.25) is 0 Å². The molecule has 3 N–H and O–H groups in total. The van der Waals surface area contributed by atoms with Gasteiger partial charge in [-0.1, -0.05) is 0 Å².